The summed E-state index contributed by atoms with van der Waals surface area (Å²) in [5.74, 6) is 0.354. The third kappa shape index (κ3) is 4.73. The molecule has 1 atom stereocenters. The molecule has 198 valence electrons. The summed E-state index contributed by atoms with van der Waals surface area (Å²) in [5, 5.41) is 11.6. The number of nitrogens with zero attached hydrogens (tertiary/aromatic N) is 6. The smallest absolute Gasteiger partial charge is 0.274 e. The van der Waals surface area contributed by atoms with E-state index in [1.165, 1.54) is 5.56 Å². The summed E-state index contributed by atoms with van der Waals surface area (Å²) < 4.78 is 1.73. The van der Waals surface area contributed by atoms with Gasteiger partial charge in [0.05, 0.1) is 11.9 Å². The van der Waals surface area contributed by atoms with E-state index >= 15 is 0 Å². The van der Waals surface area contributed by atoms with Crippen LogP contribution in [0.1, 0.15) is 85.5 Å². The number of aromatic nitrogens is 6. The predicted molar refractivity (Wildman–Crippen MR) is 145 cm³/mol. The Morgan fingerprint density at radius 3 is 2.39 bits per heavy atom. The van der Waals surface area contributed by atoms with Crippen LogP contribution in [0.3, 0.4) is 0 Å². The van der Waals surface area contributed by atoms with E-state index in [0.29, 0.717) is 36.6 Å². The number of aromatic amines is 1. The van der Waals surface area contributed by atoms with Crippen LogP contribution in [0.5, 0.6) is 0 Å². The average Bonchev–Trinajstić information content (AvgIpc) is 3.48. The summed E-state index contributed by atoms with van der Waals surface area (Å²) in [6.07, 6.45) is 2.81. The fourth-order valence-corrected chi connectivity index (χ4v) is 5.27. The topological polar surface area (TPSA) is 109 Å². The summed E-state index contributed by atoms with van der Waals surface area (Å²) in [7, 11) is 0. The Morgan fingerprint density at radius 1 is 1.08 bits per heavy atom. The maximum Gasteiger partial charge on any atom is 0.274 e. The van der Waals surface area contributed by atoms with Gasteiger partial charge in [0.25, 0.3) is 5.91 Å². The number of hydrogen-bond acceptors (Lipinski definition) is 6. The quantitative estimate of drug-likeness (QED) is 0.387. The number of likely N-dealkylation sites (tertiary alicyclic amines) is 1. The molecule has 0 bridgehead atoms. The maximum absolute atomic E-state index is 13.8. The van der Waals surface area contributed by atoms with Gasteiger partial charge >= 0.3 is 0 Å². The SMILES string of the molecule is Cc1ccc(-c2cc(C(C)(C)C)c3nc(C(=O)N4CCC(C(=O)c5n[nH]c(C)n5)CC4(C)C)cn3n2)cc1. The standard InChI is InChI=1S/C29H35N7O2/c1-17-8-10-19(11-9-17)22-14-21(28(3,4)5)26-31-23(16-36(26)34-22)27(38)35-13-12-20(15-29(35,6)7)24(37)25-30-18(2)32-33-25/h8-11,14,16,20H,12-13,15H2,1-7H3,(H,30,32,33). The monoisotopic (exact) mass is 513 g/mol. The van der Waals surface area contributed by atoms with Gasteiger partial charge < -0.3 is 4.90 Å². The largest absolute Gasteiger partial charge is 0.332 e. The zero-order valence-electron chi connectivity index (χ0n) is 23.2. The highest BCUT2D eigenvalue weighted by Crippen LogP contribution is 2.35. The van der Waals surface area contributed by atoms with Crippen molar-refractivity contribution in [3.05, 3.63) is 65.0 Å². The highest BCUT2D eigenvalue weighted by Gasteiger charge is 2.42. The van der Waals surface area contributed by atoms with Crippen LogP contribution >= 0.6 is 0 Å². The van der Waals surface area contributed by atoms with Crippen LogP contribution in [0.4, 0.5) is 0 Å². The van der Waals surface area contributed by atoms with Crippen LogP contribution in [0.25, 0.3) is 16.9 Å². The summed E-state index contributed by atoms with van der Waals surface area (Å²) in [6.45, 7) is 14.7. The van der Waals surface area contributed by atoms with Gasteiger partial charge in [0.1, 0.15) is 11.5 Å². The van der Waals surface area contributed by atoms with E-state index in [4.69, 9.17) is 10.1 Å². The molecule has 5 rings (SSSR count). The molecule has 1 amide bonds. The van der Waals surface area contributed by atoms with Crippen molar-refractivity contribution in [2.75, 3.05) is 6.54 Å². The highest BCUT2D eigenvalue weighted by atomic mass is 16.2. The molecule has 38 heavy (non-hydrogen) atoms. The van der Waals surface area contributed by atoms with Crippen LogP contribution in [0, 0.1) is 19.8 Å². The van der Waals surface area contributed by atoms with Crippen LogP contribution in [0.15, 0.2) is 36.5 Å². The number of carbonyl (C=O) groups excluding carboxylic acids is 2. The molecule has 1 aliphatic rings. The Kier molecular flexibility index (Phi) is 6.20. The predicted octanol–water partition coefficient (Wildman–Crippen LogP) is 4.94. The van der Waals surface area contributed by atoms with E-state index in [1.807, 2.05) is 18.7 Å². The first-order valence-corrected chi connectivity index (χ1v) is 13.1. The molecule has 4 aromatic rings. The summed E-state index contributed by atoms with van der Waals surface area (Å²) in [6, 6.07) is 10.3. The van der Waals surface area contributed by atoms with Crippen LogP contribution < -0.4 is 0 Å². The lowest BCUT2D eigenvalue weighted by Gasteiger charge is -2.44. The van der Waals surface area contributed by atoms with Crippen molar-refractivity contribution in [2.45, 2.75) is 72.3 Å². The van der Waals surface area contributed by atoms with E-state index in [-0.39, 0.29) is 28.8 Å². The minimum absolute atomic E-state index is 0.0788. The molecule has 1 fully saturated rings. The molecule has 0 aliphatic carbocycles. The number of nitrogens with one attached hydrogen (secondary N) is 1. The number of fused-ring (bicyclic) bond motifs is 1. The fourth-order valence-electron chi connectivity index (χ4n) is 5.27. The molecule has 1 aromatic carbocycles. The molecule has 1 N–H and O–H groups in total. The van der Waals surface area contributed by atoms with Gasteiger partial charge in [-0.3, -0.25) is 14.7 Å². The van der Waals surface area contributed by atoms with Crippen molar-refractivity contribution in [1.82, 2.24) is 34.7 Å². The number of hydrogen-bond donors (Lipinski definition) is 1. The molecule has 9 nitrogen and oxygen atoms in total. The third-order valence-electron chi connectivity index (χ3n) is 7.41. The minimum Gasteiger partial charge on any atom is -0.332 e. The number of Topliss-reactive ketones (excluding diaryl/α,β-unsaturated/α-hetero) is 1. The first-order chi connectivity index (χ1) is 17.8. The maximum atomic E-state index is 13.8. The molecule has 9 heteroatoms. The molecular weight excluding hydrogens is 478 g/mol. The Labute approximate surface area is 222 Å². The molecule has 1 saturated heterocycles. The summed E-state index contributed by atoms with van der Waals surface area (Å²) in [4.78, 5) is 37.6. The molecule has 3 aromatic heterocycles. The second kappa shape index (κ2) is 9.15. The lowest BCUT2D eigenvalue weighted by atomic mass is 9.80. The van der Waals surface area contributed by atoms with E-state index in [2.05, 4.69) is 73.2 Å². The summed E-state index contributed by atoms with van der Waals surface area (Å²) >= 11 is 0. The number of imidazole rings is 1. The molecule has 0 spiro atoms. The first kappa shape index (κ1) is 25.8. The Hall–Kier alpha value is -3.88. The number of carbonyl (C=O) groups is 2. The van der Waals surface area contributed by atoms with Crippen LogP contribution in [-0.2, 0) is 5.41 Å². The van der Waals surface area contributed by atoms with Gasteiger partial charge in [0.2, 0.25) is 11.6 Å². The zero-order chi connectivity index (χ0) is 27.4. The number of amides is 1. The van der Waals surface area contributed by atoms with E-state index < -0.39 is 5.54 Å². The van der Waals surface area contributed by atoms with Gasteiger partial charge in [-0.05, 0) is 52.0 Å². The Bertz CT molecular complexity index is 1520. The van der Waals surface area contributed by atoms with Crippen molar-refractivity contribution in [3.8, 4) is 11.3 Å². The van der Waals surface area contributed by atoms with Gasteiger partial charge in [-0.2, -0.15) is 10.2 Å². The lowest BCUT2D eigenvalue weighted by Crippen LogP contribution is -2.54. The van der Waals surface area contributed by atoms with Crippen LogP contribution in [-0.4, -0.2) is 58.5 Å². The summed E-state index contributed by atoms with van der Waals surface area (Å²) in [5.41, 5.74) is 4.35. The molecule has 1 aliphatic heterocycles. The third-order valence-corrected chi connectivity index (χ3v) is 7.41. The normalized spacial score (nSPS) is 17.7. The van der Waals surface area contributed by atoms with Crippen molar-refractivity contribution in [3.63, 3.8) is 0 Å². The number of aryl methyl sites for hydroxylation is 2. The lowest BCUT2D eigenvalue weighted by molar-refractivity contribution is 0.0299. The number of rotatable bonds is 4. The average molecular weight is 514 g/mol. The second-order valence-corrected chi connectivity index (χ2v) is 12.0. The van der Waals surface area contributed by atoms with Gasteiger partial charge in [0.15, 0.2) is 5.65 Å². The molecule has 0 saturated carbocycles. The van der Waals surface area contributed by atoms with Crippen molar-refractivity contribution >= 4 is 17.3 Å². The number of H-pyrrole nitrogens is 1. The molecule has 4 heterocycles. The number of piperidine rings is 1. The van der Waals surface area contributed by atoms with Gasteiger partial charge in [-0.15, -0.1) is 0 Å². The van der Waals surface area contributed by atoms with Crippen LogP contribution in [0.2, 0.25) is 0 Å². The van der Waals surface area contributed by atoms with Crippen molar-refractivity contribution < 1.29 is 9.59 Å². The van der Waals surface area contributed by atoms with E-state index in [0.717, 1.165) is 16.8 Å². The number of ketones is 1. The minimum atomic E-state index is -0.538. The Morgan fingerprint density at radius 2 is 1.79 bits per heavy atom. The highest BCUT2D eigenvalue weighted by molar-refractivity contribution is 5.96. The van der Waals surface area contributed by atoms with Crippen molar-refractivity contribution in [2.24, 2.45) is 5.92 Å². The molecule has 1 unspecified atom stereocenters. The van der Waals surface area contributed by atoms with Gasteiger partial charge in [-0.25, -0.2) is 14.5 Å². The zero-order valence-corrected chi connectivity index (χ0v) is 23.2. The fraction of sp³-hybridized carbons (Fsp3) is 0.448. The van der Waals surface area contributed by atoms with Crippen molar-refractivity contribution in [1.29, 1.82) is 0 Å². The first-order valence-electron chi connectivity index (χ1n) is 13.1. The Balaban J connectivity index is 1.46. The molecule has 0 radical (unpaired) electrons. The van der Waals surface area contributed by atoms with E-state index in [1.54, 1.807) is 17.6 Å². The second-order valence-electron chi connectivity index (χ2n) is 12.0. The van der Waals surface area contributed by atoms with E-state index in [9.17, 15) is 9.59 Å². The molecular formula is C29H35N7O2. The van der Waals surface area contributed by atoms with Gasteiger partial charge in [0, 0.05) is 29.1 Å². The van der Waals surface area contributed by atoms with Gasteiger partial charge in [-0.1, -0.05) is 50.6 Å². The number of benzene rings is 1.